The van der Waals surface area contributed by atoms with Gasteiger partial charge in [0.1, 0.15) is 24.7 Å². The molecule has 4 rings (SSSR count). The van der Waals surface area contributed by atoms with Gasteiger partial charge in [0.25, 0.3) is 0 Å². The van der Waals surface area contributed by atoms with Gasteiger partial charge < -0.3 is 19.1 Å². The molecule has 1 aromatic carbocycles. The minimum Gasteiger partial charge on any atom is -0.364 e. The summed E-state index contributed by atoms with van der Waals surface area (Å²) in [6, 6.07) is 11.5. The van der Waals surface area contributed by atoms with E-state index in [1.165, 1.54) is 0 Å². The number of ether oxygens (including phenoxy) is 1. The molecule has 8 nitrogen and oxygen atoms in total. The number of carbonyl (C=O) groups excluding carboxylic acids is 1. The van der Waals surface area contributed by atoms with Gasteiger partial charge in [-0.15, -0.1) is 0 Å². The summed E-state index contributed by atoms with van der Waals surface area (Å²) in [5.74, 6) is 1.14. The number of benzene rings is 1. The number of nitrogens with zero attached hydrogens (tertiary/aromatic N) is 4. The lowest BCUT2D eigenvalue weighted by atomic mass is 10.2. The summed E-state index contributed by atoms with van der Waals surface area (Å²) >= 11 is 0. The number of amides is 1. The van der Waals surface area contributed by atoms with Gasteiger partial charge in [0, 0.05) is 31.1 Å². The second-order valence-corrected chi connectivity index (χ2v) is 6.86. The fraction of sp³-hybridized carbons (Fsp3) is 0.238. The lowest BCUT2D eigenvalue weighted by Gasteiger charge is -2.14. The van der Waals surface area contributed by atoms with Crippen molar-refractivity contribution >= 4 is 16.9 Å². The quantitative estimate of drug-likeness (QED) is 0.520. The molecule has 0 bridgehead atoms. The van der Waals surface area contributed by atoms with E-state index >= 15 is 0 Å². The summed E-state index contributed by atoms with van der Waals surface area (Å²) < 4.78 is 10.9. The molecule has 4 aromatic rings. The van der Waals surface area contributed by atoms with E-state index in [0.717, 1.165) is 22.2 Å². The normalized spacial score (nSPS) is 11.1. The van der Waals surface area contributed by atoms with Crippen molar-refractivity contribution in [2.24, 2.45) is 0 Å². The molecule has 3 aromatic heterocycles. The second kappa shape index (κ2) is 8.24. The maximum Gasteiger partial charge on any atom is 0.248 e. The van der Waals surface area contributed by atoms with E-state index in [1.807, 2.05) is 43.3 Å². The SMILES string of the molecule is Cc1ccc2nc(COCC(=O)N(C)Cc3cc(-c4ccncc4)no3)[nH]c2c1. The molecule has 29 heavy (non-hydrogen) atoms. The van der Waals surface area contributed by atoms with Gasteiger partial charge in [0.2, 0.25) is 5.91 Å². The number of aryl methyl sites for hydroxylation is 1. The summed E-state index contributed by atoms with van der Waals surface area (Å²) in [7, 11) is 1.70. The third kappa shape index (κ3) is 4.49. The van der Waals surface area contributed by atoms with Gasteiger partial charge >= 0.3 is 0 Å². The van der Waals surface area contributed by atoms with Gasteiger partial charge in [-0.2, -0.15) is 0 Å². The van der Waals surface area contributed by atoms with Crippen molar-refractivity contribution in [2.45, 2.75) is 20.1 Å². The molecule has 0 saturated heterocycles. The Labute approximate surface area is 167 Å². The fourth-order valence-electron chi connectivity index (χ4n) is 2.96. The number of nitrogens with one attached hydrogen (secondary N) is 1. The van der Waals surface area contributed by atoms with Crippen LogP contribution >= 0.6 is 0 Å². The number of aromatic nitrogens is 4. The van der Waals surface area contributed by atoms with E-state index < -0.39 is 0 Å². The first-order valence-corrected chi connectivity index (χ1v) is 9.21. The van der Waals surface area contributed by atoms with Crippen molar-refractivity contribution in [1.82, 2.24) is 25.0 Å². The molecule has 0 atom stereocenters. The summed E-state index contributed by atoms with van der Waals surface area (Å²) in [6.07, 6.45) is 3.39. The summed E-state index contributed by atoms with van der Waals surface area (Å²) in [6.45, 7) is 2.53. The van der Waals surface area contributed by atoms with Crippen LogP contribution in [0.1, 0.15) is 17.1 Å². The van der Waals surface area contributed by atoms with Gasteiger partial charge in [-0.1, -0.05) is 11.2 Å². The highest BCUT2D eigenvalue weighted by atomic mass is 16.5. The van der Waals surface area contributed by atoms with Crippen LogP contribution in [0.25, 0.3) is 22.3 Å². The largest absolute Gasteiger partial charge is 0.364 e. The number of fused-ring (bicyclic) bond motifs is 1. The maximum absolute atomic E-state index is 12.3. The Balaban J connectivity index is 1.28. The first-order chi connectivity index (χ1) is 14.1. The number of imidazole rings is 1. The Hall–Kier alpha value is -3.52. The molecular weight excluding hydrogens is 370 g/mol. The van der Waals surface area contributed by atoms with Crippen molar-refractivity contribution in [3.8, 4) is 11.3 Å². The van der Waals surface area contributed by atoms with Crippen LogP contribution in [-0.2, 0) is 22.7 Å². The first kappa shape index (κ1) is 18.8. The minimum absolute atomic E-state index is 0.0437. The van der Waals surface area contributed by atoms with E-state index in [9.17, 15) is 4.79 Å². The number of hydrogen-bond acceptors (Lipinski definition) is 6. The highest BCUT2D eigenvalue weighted by molar-refractivity contribution is 5.77. The average Bonchev–Trinajstić information content (AvgIpc) is 3.35. The molecule has 1 N–H and O–H groups in total. The second-order valence-electron chi connectivity index (χ2n) is 6.86. The molecule has 1 amide bonds. The minimum atomic E-state index is -0.154. The summed E-state index contributed by atoms with van der Waals surface area (Å²) in [5, 5.41) is 4.04. The molecule has 0 radical (unpaired) electrons. The predicted molar refractivity (Wildman–Crippen MR) is 107 cm³/mol. The monoisotopic (exact) mass is 391 g/mol. The summed E-state index contributed by atoms with van der Waals surface area (Å²) in [4.78, 5) is 25.5. The molecule has 0 aliphatic heterocycles. The first-order valence-electron chi connectivity index (χ1n) is 9.21. The van der Waals surface area contributed by atoms with E-state index in [-0.39, 0.29) is 19.1 Å². The Morgan fingerprint density at radius 2 is 2.03 bits per heavy atom. The number of aromatic amines is 1. The smallest absolute Gasteiger partial charge is 0.248 e. The average molecular weight is 391 g/mol. The highest BCUT2D eigenvalue weighted by Crippen LogP contribution is 2.19. The molecule has 0 saturated carbocycles. The third-order valence-electron chi connectivity index (χ3n) is 4.50. The van der Waals surface area contributed by atoms with Crippen LogP contribution in [0.2, 0.25) is 0 Å². The van der Waals surface area contributed by atoms with Crippen molar-refractivity contribution in [2.75, 3.05) is 13.7 Å². The van der Waals surface area contributed by atoms with Crippen molar-refractivity contribution in [3.63, 3.8) is 0 Å². The van der Waals surface area contributed by atoms with Crippen LogP contribution in [0.15, 0.2) is 53.3 Å². The molecule has 8 heteroatoms. The van der Waals surface area contributed by atoms with Crippen molar-refractivity contribution in [1.29, 1.82) is 0 Å². The van der Waals surface area contributed by atoms with E-state index in [1.54, 1.807) is 24.3 Å². The number of carbonyl (C=O) groups is 1. The van der Waals surface area contributed by atoms with E-state index in [2.05, 4.69) is 20.1 Å². The molecule has 0 aliphatic rings. The Morgan fingerprint density at radius 1 is 1.21 bits per heavy atom. The Bertz CT molecular complexity index is 1120. The number of hydrogen-bond donors (Lipinski definition) is 1. The van der Waals surface area contributed by atoms with Crippen LogP contribution in [0.3, 0.4) is 0 Å². The standard InChI is InChI=1S/C21H21N5O3/c1-14-3-4-17-19(9-14)24-20(23-17)12-28-13-21(27)26(2)11-16-10-18(25-29-16)15-5-7-22-8-6-15/h3-10H,11-13H2,1-2H3,(H,23,24). The van der Waals surface area contributed by atoms with Crippen LogP contribution < -0.4 is 0 Å². The zero-order valence-electron chi connectivity index (χ0n) is 16.3. The molecule has 0 unspecified atom stereocenters. The topological polar surface area (TPSA) is 97.1 Å². The fourth-order valence-corrected chi connectivity index (χ4v) is 2.96. The van der Waals surface area contributed by atoms with Crippen LogP contribution in [0.4, 0.5) is 0 Å². The predicted octanol–water partition coefficient (Wildman–Crippen LogP) is 3.10. The van der Waals surface area contributed by atoms with Crippen molar-refractivity contribution < 1.29 is 14.1 Å². The number of rotatable bonds is 7. The zero-order valence-corrected chi connectivity index (χ0v) is 16.3. The third-order valence-corrected chi connectivity index (χ3v) is 4.50. The maximum atomic E-state index is 12.3. The molecule has 148 valence electrons. The van der Waals surface area contributed by atoms with Gasteiger partial charge in [-0.05, 0) is 36.8 Å². The molecule has 3 heterocycles. The van der Waals surface area contributed by atoms with Gasteiger partial charge in [0.15, 0.2) is 5.76 Å². The number of H-pyrrole nitrogens is 1. The number of pyridine rings is 1. The Kier molecular flexibility index (Phi) is 5.35. The molecule has 0 aliphatic carbocycles. The van der Waals surface area contributed by atoms with Gasteiger partial charge in [-0.25, -0.2) is 4.98 Å². The van der Waals surface area contributed by atoms with Crippen molar-refractivity contribution in [3.05, 3.63) is 65.9 Å². The summed E-state index contributed by atoms with van der Waals surface area (Å²) in [5.41, 5.74) is 4.62. The van der Waals surface area contributed by atoms with Gasteiger partial charge in [0.05, 0.1) is 17.6 Å². The number of likely N-dealkylation sites (N-methyl/N-ethyl adjacent to an activating group) is 1. The molecular formula is C21H21N5O3. The van der Waals surface area contributed by atoms with Gasteiger partial charge in [-0.3, -0.25) is 9.78 Å². The van der Waals surface area contributed by atoms with Crippen LogP contribution in [0.5, 0.6) is 0 Å². The van der Waals surface area contributed by atoms with E-state index in [0.29, 0.717) is 23.8 Å². The lowest BCUT2D eigenvalue weighted by molar-refractivity contribution is -0.136. The molecule has 0 spiro atoms. The Morgan fingerprint density at radius 3 is 2.86 bits per heavy atom. The molecule has 0 fully saturated rings. The lowest BCUT2D eigenvalue weighted by Crippen LogP contribution is -2.29. The zero-order chi connectivity index (χ0) is 20.2. The van der Waals surface area contributed by atoms with E-state index in [4.69, 9.17) is 9.26 Å². The van der Waals surface area contributed by atoms with Crippen LogP contribution in [0, 0.1) is 6.92 Å². The van der Waals surface area contributed by atoms with Crippen LogP contribution in [-0.4, -0.2) is 44.6 Å². The highest BCUT2D eigenvalue weighted by Gasteiger charge is 2.14.